The van der Waals surface area contributed by atoms with Gasteiger partial charge in [-0.3, -0.25) is 0 Å². The second-order valence-electron chi connectivity index (χ2n) is 8.93. The SMILES string of the molecule is O=C(OC1CCC(C2CCN(C(=O)OCc3ccccc3)CC2(F)F)CC1)c1ccccc1. The molecule has 0 spiro atoms. The van der Waals surface area contributed by atoms with Crippen molar-refractivity contribution in [3.05, 3.63) is 71.8 Å². The van der Waals surface area contributed by atoms with Gasteiger partial charge in [0, 0.05) is 12.5 Å². The van der Waals surface area contributed by atoms with Gasteiger partial charge in [-0.2, -0.15) is 0 Å². The average molecular weight is 458 g/mol. The second kappa shape index (κ2) is 10.3. The standard InChI is InChI=1S/C26H29F2NO4/c27-26(28)18-29(25(31)32-17-19-7-3-1-4-8-19)16-15-23(26)20-11-13-22(14-12-20)33-24(30)21-9-5-2-6-10-21/h1-10,20,22-23H,11-18H2. The van der Waals surface area contributed by atoms with Crippen molar-refractivity contribution in [3.8, 4) is 0 Å². The second-order valence-corrected chi connectivity index (χ2v) is 8.93. The highest BCUT2D eigenvalue weighted by atomic mass is 19.3. The number of amides is 1. The van der Waals surface area contributed by atoms with Crippen LogP contribution in [0.4, 0.5) is 13.6 Å². The number of hydrogen-bond donors (Lipinski definition) is 0. The lowest BCUT2D eigenvalue weighted by Crippen LogP contribution is -2.53. The molecule has 5 nitrogen and oxygen atoms in total. The Hall–Kier alpha value is -2.96. The molecule has 2 fully saturated rings. The molecule has 0 N–H and O–H groups in total. The van der Waals surface area contributed by atoms with Crippen LogP contribution < -0.4 is 0 Å². The molecule has 1 heterocycles. The average Bonchev–Trinajstić information content (AvgIpc) is 2.84. The van der Waals surface area contributed by atoms with Crippen molar-refractivity contribution in [3.63, 3.8) is 0 Å². The molecule has 1 aliphatic carbocycles. The Morgan fingerprint density at radius 1 is 0.909 bits per heavy atom. The molecule has 2 aliphatic rings. The summed E-state index contributed by atoms with van der Waals surface area (Å²) in [4.78, 5) is 25.7. The number of alkyl halides is 2. The molecule has 0 radical (unpaired) electrons. The Labute approximate surface area is 192 Å². The molecule has 2 aromatic rings. The molecule has 1 unspecified atom stereocenters. The third-order valence-electron chi connectivity index (χ3n) is 6.69. The van der Waals surface area contributed by atoms with E-state index in [9.17, 15) is 9.59 Å². The van der Waals surface area contributed by atoms with Crippen molar-refractivity contribution in [1.82, 2.24) is 4.90 Å². The first kappa shape index (κ1) is 23.2. The van der Waals surface area contributed by atoms with Crippen molar-refractivity contribution >= 4 is 12.1 Å². The quantitative estimate of drug-likeness (QED) is 0.541. The first-order chi connectivity index (χ1) is 15.9. The fraction of sp³-hybridized carbons (Fsp3) is 0.462. The van der Waals surface area contributed by atoms with Crippen molar-refractivity contribution in [1.29, 1.82) is 0 Å². The van der Waals surface area contributed by atoms with E-state index in [4.69, 9.17) is 9.47 Å². The number of hydrogen-bond acceptors (Lipinski definition) is 4. The summed E-state index contributed by atoms with van der Waals surface area (Å²) in [5, 5.41) is 0. The Morgan fingerprint density at radius 3 is 2.18 bits per heavy atom. The summed E-state index contributed by atoms with van der Waals surface area (Å²) < 4.78 is 40.9. The van der Waals surface area contributed by atoms with Crippen molar-refractivity contribution in [2.45, 2.75) is 50.7 Å². The largest absolute Gasteiger partial charge is 0.459 e. The molecule has 1 amide bonds. The van der Waals surface area contributed by atoms with Crippen LogP contribution in [-0.4, -0.2) is 42.1 Å². The van der Waals surface area contributed by atoms with Crippen LogP contribution in [0.15, 0.2) is 60.7 Å². The van der Waals surface area contributed by atoms with Crippen LogP contribution >= 0.6 is 0 Å². The van der Waals surface area contributed by atoms with Gasteiger partial charge in [0.15, 0.2) is 0 Å². The molecule has 176 valence electrons. The highest BCUT2D eigenvalue weighted by Crippen LogP contribution is 2.44. The van der Waals surface area contributed by atoms with Crippen LogP contribution in [0.1, 0.15) is 48.0 Å². The zero-order chi connectivity index (χ0) is 23.3. The zero-order valence-electron chi connectivity index (χ0n) is 18.5. The van der Waals surface area contributed by atoms with Crippen LogP contribution in [0.2, 0.25) is 0 Å². The van der Waals surface area contributed by atoms with Crippen molar-refractivity contribution in [2.75, 3.05) is 13.1 Å². The topological polar surface area (TPSA) is 55.8 Å². The third kappa shape index (κ3) is 5.89. The Balaban J connectivity index is 1.25. The van der Waals surface area contributed by atoms with E-state index in [1.165, 1.54) is 0 Å². The molecule has 2 aromatic carbocycles. The van der Waals surface area contributed by atoms with Gasteiger partial charge < -0.3 is 14.4 Å². The first-order valence-corrected chi connectivity index (χ1v) is 11.5. The maximum Gasteiger partial charge on any atom is 0.410 e. The smallest absolute Gasteiger partial charge is 0.410 e. The number of ether oxygens (including phenoxy) is 2. The highest BCUT2D eigenvalue weighted by molar-refractivity contribution is 5.89. The van der Waals surface area contributed by atoms with Gasteiger partial charge in [0.2, 0.25) is 0 Å². The number of piperidine rings is 1. The van der Waals surface area contributed by atoms with Gasteiger partial charge in [-0.15, -0.1) is 0 Å². The number of rotatable bonds is 5. The van der Waals surface area contributed by atoms with Gasteiger partial charge in [-0.05, 0) is 55.7 Å². The number of nitrogens with zero attached hydrogens (tertiary/aromatic N) is 1. The van der Waals surface area contributed by atoms with E-state index >= 15 is 8.78 Å². The van der Waals surface area contributed by atoms with E-state index in [0.717, 1.165) is 10.5 Å². The fourth-order valence-corrected chi connectivity index (χ4v) is 4.91. The van der Waals surface area contributed by atoms with Crippen LogP contribution in [0.3, 0.4) is 0 Å². The van der Waals surface area contributed by atoms with Crippen LogP contribution in [0.25, 0.3) is 0 Å². The van der Waals surface area contributed by atoms with E-state index in [1.807, 2.05) is 36.4 Å². The monoisotopic (exact) mass is 457 g/mol. The minimum Gasteiger partial charge on any atom is -0.459 e. The molecule has 7 heteroatoms. The molecule has 1 aliphatic heterocycles. The first-order valence-electron chi connectivity index (χ1n) is 11.5. The maximum atomic E-state index is 15.0. The van der Waals surface area contributed by atoms with Gasteiger partial charge in [0.05, 0.1) is 12.1 Å². The summed E-state index contributed by atoms with van der Waals surface area (Å²) in [7, 11) is 0. The van der Waals surface area contributed by atoms with Gasteiger partial charge in [-0.1, -0.05) is 48.5 Å². The molecule has 0 aromatic heterocycles. The fourth-order valence-electron chi connectivity index (χ4n) is 4.91. The number of halogens is 2. The van der Waals surface area contributed by atoms with Crippen LogP contribution in [0.5, 0.6) is 0 Å². The highest BCUT2D eigenvalue weighted by Gasteiger charge is 2.50. The molecule has 1 saturated carbocycles. The van der Waals surface area contributed by atoms with E-state index in [-0.39, 0.29) is 37.6 Å². The Kier molecular flexibility index (Phi) is 7.26. The summed E-state index contributed by atoms with van der Waals surface area (Å²) in [6, 6.07) is 18.0. The lowest BCUT2D eigenvalue weighted by atomic mass is 9.73. The number of carbonyl (C=O) groups excluding carboxylic acids is 2. The van der Waals surface area contributed by atoms with Crippen LogP contribution in [-0.2, 0) is 16.1 Å². The normalized spacial score (nSPS) is 24.7. The molecule has 1 saturated heterocycles. The van der Waals surface area contributed by atoms with E-state index in [1.54, 1.807) is 24.3 Å². The molecule has 1 atom stereocenters. The summed E-state index contributed by atoms with van der Waals surface area (Å²) in [6.45, 7) is -0.290. The number of benzene rings is 2. The van der Waals surface area contributed by atoms with Crippen molar-refractivity contribution < 1.29 is 27.8 Å². The van der Waals surface area contributed by atoms with E-state index in [2.05, 4.69) is 0 Å². The molecular formula is C26H29F2NO4. The van der Waals surface area contributed by atoms with E-state index < -0.39 is 24.5 Å². The van der Waals surface area contributed by atoms with Gasteiger partial charge in [0.25, 0.3) is 5.92 Å². The maximum absolute atomic E-state index is 15.0. The number of esters is 1. The third-order valence-corrected chi connectivity index (χ3v) is 6.69. The van der Waals surface area contributed by atoms with Gasteiger partial charge in [-0.25, -0.2) is 18.4 Å². The van der Waals surface area contributed by atoms with E-state index in [0.29, 0.717) is 31.2 Å². The van der Waals surface area contributed by atoms with Crippen LogP contribution in [0, 0.1) is 11.8 Å². The predicted molar refractivity (Wildman–Crippen MR) is 119 cm³/mol. The number of carbonyl (C=O) groups is 2. The number of likely N-dealkylation sites (tertiary alicyclic amines) is 1. The minimum absolute atomic E-state index is 0.0664. The minimum atomic E-state index is -2.97. The summed E-state index contributed by atoms with van der Waals surface area (Å²) in [5.41, 5.74) is 1.31. The van der Waals surface area contributed by atoms with Crippen molar-refractivity contribution in [2.24, 2.45) is 11.8 Å². The molecule has 33 heavy (non-hydrogen) atoms. The Bertz CT molecular complexity index is 930. The summed E-state index contributed by atoms with van der Waals surface area (Å²) in [6.07, 6.45) is 1.64. The summed E-state index contributed by atoms with van der Waals surface area (Å²) >= 11 is 0. The molecule has 4 rings (SSSR count). The molecular weight excluding hydrogens is 428 g/mol. The van der Waals surface area contributed by atoms with Gasteiger partial charge in [0.1, 0.15) is 12.7 Å². The van der Waals surface area contributed by atoms with Gasteiger partial charge >= 0.3 is 12.1 Å². The Morgan fingerprint density at radius 2 is 1.55 bits per heavy atom. The lowest BCUT2D eigenvalue weighted by Gasteiger charge is -2.43. The summed E-state index contributed by atoms with van der Waals surface area (Å²) in [5.74, 6) is -4.26. The predicted octanol–water partition coefficient (Wildman–Crippen LogP) is 5.70. The zero-order valence-corrected chi connectivity index (χ0v) is 18.5. The molecule has 0 bridgehead atoms. The lowest BCUT2D eigenvalue weighted by molar-refractivity contribution is -0.131.